The van der Waals surface area contributed by atoms with Crippen LogP contribution in [0.3, 0.4) is 0 Å². The first-order chi connectivity index (χ1) is 8.11. The third-order valence-electron chi connectivity index (χ3n) is 3.30. The van der Waals surface area contributed by atoms with Crippen LogP contribution in [0, 0.1) is 12.3 Å². The molecule has 0 radical (unpaired) electrons. The summed E-state index contributed by atoms with van der Waals surface area (Å²) in [5, 5.41) is 3.50. The molecule has 1 atom stereocenters. The highest BCUT2D eigenvalue weighted by Gasteiger charge is 2.20. The molecule has 0 aromatic heterocycles. The first kappa shape index (κ1) is 14.0. The smallest absolute Gasteiger partial charge is 0.00430 e. The van der Waals surface area contributed by atoms with Gasteiger partial charge >= 0.3 is 0 Å². The minimum absolute atomic E-state index is 0.140. The summed E-state index contributed by atoms with van der Waals surface area (Å²) in [6, 6.07) is 8.61. The van der Waals surface area contributed by atoms with Crippen LogP contribution in [0.5, 0.6) is 0 Å². The minimum Gasteiger partial charge on any atom is -0.316 e. The van der Waals surface area contributed by atoms with Gasteiger partial charge < -0.3 is 5.32 Å². The average molecular weight is 231 g/mol. The molecule has 0 saturated heterocycles. The first-order valence-electron chi connectivity index (χ1n) is 6.50. The van der Waals surface area contributed by atoms with E-state index in [1.807, 2.05) is 0 Å². The molecule has 0 heterocycles. The second-order valence-corrected chi connectivity index (χ2v) is 5.14. The van der Waals surface area contributed by atoms with E-state index in [9.17, 15) is 0 Å². The highest BCUT2D eigenvalue weighted by molar-refractivity contribution is 5.27. The number of nitrogens with one attached hydrogen (secondary N) is 1. The predicted molar refractivity (Wildman–Crippen MR) is 76.3 cm³/mol. The maximum Gasteiger partial charge on any atom is 0.00430 e. The highest BCUT2D eigenvalue weighted by Crippen LogP contribution is 2.24. The summed E-state index contributed by atoms with van der Waals surface area (Å²) in [4.78, 5) is 0. The van der Waals surface area contributed by atoms with Gasteiger partial charge in [0.1, 0.15) is 0 Å². The summed E-state index contributed by atoms with van der Waals surface area (Å²) >= 11 is 0. The topological polar surface area (TPSA) is 12.0 Å². The second-order valence-electron chi connectivity index (χ2n) is 5.14. The summed E-state index contributed by atoms with van der Waals surface area (Å²) in [6.45, 7) is 12.7. The number of benzene rings is 1. The van der Waals surface area contributed by atoms with Gasteiger partial charge in [-0.05, 0) is 37.4 Å². The molecule has 0 fully saturated rings. The Bertz CT molecular complexity index is 356. The first-order valence-corrected chi connectivity index (χ1v) is 6.50. The van der Waals surface area contributed by atoms with Crippen LogP contribution < -0.4 is 5.32 Å². The molecule has 1 nitrogen and oxygen atoms in total. The van der Waals surface area contributed by atoms with E-state index in [1.54, 1.807) is 0 Å². The van der Waals surface area contributed by atoms with Gasteiger partial charge in [0.05, 0.1) is 0 Å². The maximum absolute atomic E-state index is 4.00. The van der Waals surface area contributed by atoms with E-state index in [0.29, 0.717) is 0 Å². The van der Waals surface area contributed by atoms with Crippen molar-refractivity contribution in [3.63, 3.8) is 0 Å². The zero-order valence-electron chi connectivity index (χ0n) is 11.4. The quantitative estimate of drug-likeness (QED) is 0.557. The average Bonchev–Trinajstić information content (AvgIpc) is 2.33. The lowest BCUT2D eigenvalue weighted by Gasteiger charge is -2.27. The van der Waals surface area contributed by atoms with Crippen molar-refractivity contribution in [1.82, 2.24) is 5.32 Å². The Morgan fingerprint density at radius 2 is 2.06 bits per heavy atom. The molecule has 1 heteroatoms. The molecular formula is C16H25N. The van der Waals surface area contributed by atoms with Gasteiger partial charge in [0.2, 0.25) is 0 Å². The Hall–Kier alpha value is -1.08. The van der Waals surface area contributed by atoms with E-state index in [4.69, 9.17) is 0 Å². The van der Waals surface area contributed by atoms with Crippen molar-refractivity contribution in [2.75, 3.05) is 13.1 Å². The zero-order valence-corrected chi connectivity index (χ0v) is 11.4. The van der Waals surface area contributed by atoms with Crippen molar-refractivity contribution in [3.05, 3.63) is 48.0 Å². The molecule has 0 saturated carbocycles. The molecule has 0 spiro atoms. The van der Waals surface area contributed by atoms with Crippen LogP contribution in [-0.2, 0) is 6.42 Å². The third kappa shape index (κ3) is 4.35. The van der Waals surface area contributed by atoms with Crippen molar-refractivity contribution in [3.8, 4) is 0 Å². The molecule has 1 rings (SSSR count). The van der Waals surface area contributed by atoms with Crippen LogP contribution in [0.4, 0.5) is 0 Å². The lowest BCUT2D eigenvalue weighted by molar-refractivity contribution is 0.391. The SMILES string of the molecule is C=CC(C)(CNCCC)Cc1ccccc1C. The van der Waals surface area contributed by atoms with E-state index in [0.717, 1.165) is 19.5 Å². The molecule has 1 aromatic carbocycles. The van der Waals surface area contributed by atoms with Gasteiger partial charge in [0.25, 0.3) is 0 Å². The Morgan fingerprint density at radius 1 is 1.35 bits per heavy atom. The van der Waals surface area contributed by atoms with Gasteiger partial charge in [-0.1, -0.05) is 44.2 Å². The fraction of sp³-hybridized carbons (Fsp3) is 0.500. The molecule has 1 unspecified atom stereocenters. The molecular weight excluding hydrogens is 206 g/mol. The number of hydrogen-bond donors (Lipinski definition) is 1. The van der Waals surface area contributed by atoms with Crippen LogP contribution in [0.1, 0.15) is 31.4 Å². The van der Waals surface area contributed by atoms with Crippen LogP contribution in [0.25, 0.3) is 0 Å². The van der Waals surface area contributed by atoms with Crippen molar-refractivity contribution in [2.45, 2.75) is 33.6 Å². The fourth-order valence-corrected chi connectivity index (χ4v) is 2.00. The highest BCUT2D eigenvalue weighted by atomic mass is 14.9. The maximum atomic E-state index is 4.00. The van der Waals surface area contributed by atoms with Crippen molar-refractivity contribution in [2.24, 2.45) is 5.41 Å². The Labute approximate surface area is 106 Å². The Morgan fingerprint density at radius 3 is 2.65 bits per heavy atom. The van der Waals surface area contributed by atoms with Gasteiger partial charge in [-0.3, -0.25) is 0 Å². The number of hydrogen-bond acceptors (Lipinski definition) is 1. The van der Waals surface area contributed by atoms with Gasteiger partial charge in [-0.15, -0.1) is 6.58 Å². The second kappa shape index (κ2) is 6.61. The van der Waals surface area contributed by atoms with Gasteiger partial charge in [-0.25, -0.2) is 0 Å². The van der Waals surface area contributed by atoms with Crippen molar-refractivity contribution >= 4 is 0 Å². The summed E-state index contributed by atoms with van der Waals surface area (Å²) in [5.74, 6) is 0. The molecule has 94 valence electrons. The van der Waals surface area contributed by atoms with E-state index < -0.39 is 0 Å². The molecule has 0 amide bonds. The standard InChI is InChI=1S/C16H25N/c1-5-11-17-13-16(4,6-2)12-15-10-8-7-9-14(15)3/h6-10,17H,2,5,11-13H2,1,3-4H3. The normalized spacial score (nSPS) is 14.3. The van der Waals surface area contributed by atoms with Crippen LogP contribution in [-0.4, -0.2) is 13.1 Å². The van der Waals surface area contributed by atoms with E-state index in [-0.39, 0.29) is 5.41 Å². The molecule has 1 N–H and O–H groups in total. The van der Waals surface area contributed by atoms with Crippen LogP contribution in [0.2, 0.25) is 0 Å². The van der Waals surface area contributed by atoms with Gasteiger partial charge in [0, 0.05) is 12.0 Å². The molecule has 1 aromatic rings. The molecule has 0 aliphatic rings. The minimum atomic E-state index is 0.140. The Kier molecular flexibility index (Phi) is 5.43. The van der Waals surface area contributed by atoms with Gasteiger partial charge in [-0.2, -0.15) is 0 Å². The van der Waals surface area contributed by atoms with E-state index >= 15 is 0 Å². The number of rotatable bonds is 7. The summed E-state index contributed by atoms with van der Waals surface area (Å²) in [6.07, 6.45) is 4.32. The van der Waals surface area contributed by atoms with Gasteiger partial charge in [0.15, 0.2) is 0 Å². The summed E-state index contributed by atoms with van der Waals surface area (Å²) < 4.78 is 0. The van der Waals surface area contributed by atoms with Crippen molar-refractivity contribution < 1.29 is 0 Å². The van der Waals surface area contributed by atoms with E-state index in [2.05, 4.69) is 63.0 Å². The molecule has 17 heavy (non-hydrogen) atoms. The summed E-state index contributed by atoms with van der Waals surface area (Å²) in [5.41, 5.74) is 2.94. The monoisotopic (exact) mass is 231 g/mol. The lowest BCUT2D eigenvalue weighted by Crippen LogP contribution is -2.32. The largest absolute Gasteiger partial charge is 0.316 e. The molecule has 0 bridgehead atoms. The van der Waals surface area contributed by atoms with Crippen molar-refractivity contribution in [1.29, 1.82) is 0 Å². The zero-order chi connectivity index (χ0) is 12.7. The summed E-state index contributed by atoms with van der Waals surface area (Å²) in [7, 11) is 0. The fourth-order valence-electron chi connectivity index (χ4n) is 2.00. The Balaban J connectivity index is 2.68. The van der Waals surface area contributed by atoms with Crippen LogP contribution >= 0.6 is 0 Å². The predicted octanol–water partition coefficient (Wildman–Crippen LogP) is 3.73. The molecule has 0 aliphatic heterocycles. The number of aryl methyl sites for hydroxylation is 1. The lowest BCUT2D eigenvalue weighted by atomic mass is 9.82. The molecule has 0 aliphatic carbocycles. The van der Waals surface area contributed by atoms with E-state index in [1.165, 1.54) is 17.5 Å². The third-order valence-corrected chi connectivity index (χ3v) is 3.30. The van der Waals surface area contributed by atoms with Crippen LogP contribution in [0.15, 0.2) is 36.9 Å².